The van der Waals surface area contributed by atoms with E-state index < -0.39 is 10.0 Å². The molecule has 27 heavy (non-hydrogen) atoms. The maximum Gasteiger partial charge on any atom is 0.261 e. The number of likely N-dealkylation sites (tertiary alicyclic amines) is 1. The van der Waals surface area contributed by atoms with Crippen molar-refractivity contribution >= 4 is 21.6 Å². The Bertz CT molecular complexity index is 910. The normalized spacial score (nSPS) is 17.4. The molecular formula is C20H24N2O4S. The van der Waals surface area contributed by atoms with E-state index in [0.29, 0.717) is 23.5 Å². The zero-order valence-electron chi connectivity index (χ0n) is 15.5. The molecule has 0 saturated carbocycles. The molecule has 1 heterocycles. The van der Waals surface area contributed by atoms with Crippen LogP contribution < -0.4 is 9.46 Å². The van der Waals surface area contributed by atoms with Gasteiger partial charge in [-0.05, 0) is 68.7 Å². The third-order valence-corrected chi connectivity index (χ3v) is 6.18. The number of rotatable bonds is 5. The Morgan fingerprint density at radius 3 is 2.56 bits per heavy atom. The number of sulfonamides is 1. The summed E-state index contributed by atoms with van der Waals surface area (Å²) >= 11 is 0. The largest absolute Gasteiger partial charge is 0.497 e. The molecule has 0 radical (unpaired) electrons. The van der Waals surface area contributed by atoms with E-state index in [0.717, 1.165) is 19.3 Å². The van der Waals surface area contributed by atoms with Crippen LogP contribution in [0.15, 0.2) is 53.4 Å². The molecule has 1 unspecified atom stereocenters. The SMILES string of the molecule is COc1ccc(NS(=O)(=O)c2cccc(C(=O)N3CCCCC3C)c2)cc1. The average molecular weight is 388 g/mol. The highest BCUT2D eigenvalue weighted by Crippen LogP contribution is 2.22. The van der Waals surface area contributed by atoms with Gasteiger partial charge in [0.15, 0.2) is 0 Å². The molecule has 0 bridgehead atoms. The van der Waals surface area contributed by atoms with Gasteiger partial charge in [-0.25, -0.2) is 8.42 Å². The van der Waals surface area contributed by atoms with Crippen LogP contribution in [-0.2, 0) is 10.0 Å². The van der Waals surface area contributed by atoms with Crippen LogP contribution in [0.4, 0.5) is 5.69 Å². The number of hydrogen-bond donors (Lipinski definition) is 1. The third-order valence-electron chi connectivity index (χ3n) is 4.80. The van der Waals surface area contributed by atoms with Crippen molar-refractivity contribution in [3.63, 3.8) is 0 Å². The van der Waals surface area contributed by atoms with Crippen LogP contribution >= 0.6 is 0 Å². The molecule has 0 spiro atoms. The van der Waals surface area contributed by atoms with Crippen LogP contribution in [0.5, 0.6) is 5.75 Å². The summed E-state index contributed by atoms with van der Waals surface area (Å²) in [5.74, 6) is 0.518. The summed E-state index contributed by atoms with van der Waals surface area (Å²) in [6, 6.07) is 13.0. The molecule has 7 heteroatoms. The molecule has 2 aromatic carbocycles. The van der Waals surface area contributed by atoms with Gasteiger partial charge in [0.05, 0.1) is 12.0 Å². The van der Waals surface area contributed by atoms with Crippen LogP contribution in [0.2, 0.25) is 0 Å². The summed E-state index contributed by atoms with van der Waals surface area (Å²) in [5, 5.41) is 0. The zero-order chi connectivity index (χ0) is 19.4. The number of anilines is 1. The highest BCUT2D eigenvalue weighted by Gasteiger charge is 2.25. The van der Waals surface area contributed by atoms with Crippen molar-refractivity contribution in [2.75, 3.05) is 18.4 Å². The lowest BCUT2D eigenvalue weighted by Crippen LogP contribution is -2.42. The second kappa shape index (κ2) is 8.00. The minimum absolute atomic E-state index is 0.0637. The molecule has 1 atom stereocenters. The molecule has 0 aliphatic carbocycles. The minimum Gasteiger partial charge on any atom is -0.497 e. The summed E-state index contributed by atoms with van der Waals surface area (Å²) < 4.78 is 33.0. The summed E-state index contributed by atoms with van der Waals surface area (Å²) in [7, 11) is -2.25. The highest BCUT2D eigenvalue weighted by molar-refractivity contribution is 7.92. The van der Waals surface area contributed by atoms with E-state index in [9.17, 15) is 13.2 Å². The molecule has 1 aliphatic rings. The molecule has 1 amide bonds. The summed E-state index contributed by atoms with van der Waals surface area (Å²) in [6.45, 7) is 2.74. The first kappa shape index (κ1) is 19.2. The molecule has 1 N–H and O–H groups in total. The van der Waals surface area contributed by atoms with E-state index in [2.05, 4.69) is 4.72 Å². The molecule has 144 valence electrons. The molecule has 3 rings (SSSR count). The number of carbonyl (C=O) groups is 1. The van der Waals surface area contributed by atoms with Gasteiger partial charge in [-0.3, -0.25) is 9.52 Å². The number of nitrogens with zero attached hydrogens (tertiary/aromatic N) is 1. The fraction of sp³-hybridized carbons (Fsp3) is 0.350. The van der Waals surface area contributed by atoms with Crippen molar-refractivity contribution in [2.45, 2.75) is 37.1 Å². The van der Waals surface area contributed by atoms with Crippen molar-refractivity contribution in [1.29, 1.82) is 0 Å². The Hall–Kier alpha value is -2.54. The Balaban J connectivity index is 1.81. The molecule has 0 aromatic heterocycles. The Kier molecular flexibility index (Phi) is 5.70. The molecule has 6 nitrogen and oxygen atoms in total. The predicted octanol–water partition coefficient (Wildman–Crippen LogP) is 3.51. The highest BCUT2D eigenvalue weighted by atomic mass is 32.2. The smallest absolute Gasteiger partial charge is 0.261 e. The van der Waals surface area contributed by atoms with Crippen LogP contribution in [0.3, 0.4) is 0 Å². The van der Waals surface area contributed by atoms with Crippen LogP contribution in [0.1, 0.15) is 36.5 Å². The minimum atomic E-state index is -3.79. The van der Waals surface area contributed by atoms with E-state index in [1.807, 2.05) is 11.8 Å². The molecular weight excluding hydrogens is 364 g/mol. The number of methoxy groups -OCH3 is 1. The number of ether oxygens (including phenoxy) is 1. The summed E-state index contributed by atoms with van der Waals surface area (Å²) in [6.07, 6.45) is 3.07. The monoisotopic (exact) mass is 388 g/mol. The van der Waals surface area contributed by atoms with Crippen LogP contribution in [0.25, 0.3) is 0 Å². The van der Waals surface area contributed by atoms with Gasteiger partial charge in [0.1, 0.15) is 5.75 Å². The van der Waals surface area contributed by atoms with Gasteiger partial charge >= 0.3 is 0 Å². The van der Waals surface area contributed by atoms with Gasteiger partial charge in [-0.15, -0.1) is 0 Å². The van der Waals surface area contributed by atoms with Crippen molar-refractivity contribution in [3.05, 3.63) is 54.1 Å². The van der Waals surface area contributed by atoms with Crippen molar-refractivity contribution < 1.29 is 17.9 Å². The molecule has 1 aliphatic heterocycles. The van der Waals surface area contributed by atoms with Crippen LogP contribution in [0, 0.1) is 0 Å². The quantitative estimate of drug-likeness (QED) is 0.850. The van der Waals surface area contributed by atoms with Gasteiger partial charge in [0, 0.05) is 23.8 Å². The fourth-order valence-corrected chi connectivity index (χ4v) is 4.34. The number of amides is 1. The molecule has 1 fully saturated rings. The predicted molar refractivity (Wildman–Crippen MR) is 105 cm³/mol. The van der Waals surface area contributed by atoms with Gasteiger partial charge < -0.3 is 9.64 Å². The fourth-order valence-electron chi connectivity index (χ4n) is 3.24. The number of hydrogen-bond acceptors (Lipinski definition) is 4. The Labute approximate surface area is 160 Å². The van der Waals surface area contributed by atoms with Gasteiger partial charge in [-0.2, -0.15) is 0 Å². The molecule has 1 saturated heterocycles. The van der Waals surface area contributed by atoms with Crippen LogP contribution in [-0.4, -0.2) is 38.9 Å². The van der Waals surface area contributed by atoms with Gasteiger partial charge in [-0.1, -0.05) is 6.07 Å². The first-order valence-corrected chi connectivity index (χ1v) is 10.5. The third kappa shape index (κ3) is 4.42. The van der Waals surface area contributed by atoms with E-state index in [4.69, 9.17) is 4.74 Å². The summed E-state index contributed by atoms with van der Waals surface area (Å²) in [4.78, 5) is 14.7. The lowest BCUT2D eigenvalue weighted by molar-refractivity contribution is 0.0635. The summed E-state index contributed by atoms with van der Waals surface area (Å²) in [5.41, 5.74) is 0.818. The zero-order valence-corrected chi connectivity index (χ0v) is 16.3. The Morgan fingerprint density at radius 2 is 1.89 bits per heavy atom. The van der Waals surface area contributed by atoms with E-state index in [1.165, 1.54) is 12.1 Å². The molecule has 2 aromatic rings. The number of benzene rings is 2. The standard InChI is InChI=1S/C20H24N2O4S/c1-15-6-3-4-13-22(15)20(23)16-7-5-8-19(14-16)27(24,25)21-17-9-11-18(26-2)12-10-17/h5,7-12,14-15,21H,3-4,6,13H2,1-2H3. The van der Waals surface area contributed by atoms with Gasteiger partial charge in [0.25, 0.3) is 15.9 Å². The second-order valence-corrected chi connectivity index (χ2v) is 8.39. The first-order chi connectivity index (χ1) is 12.9. The maximum atomic E-state index is 12.8. The topological polar surface area (TPSA) is 75.7 Å². The lowest BCUT2D eigenvalue weighted by atomic mass is 10.0. The first-order valence-electron chi connectivity index (χ1n) is 8.98. The maximum absolute atomic E-state index is 12.8. The van der Waals surface area contributed by atoms with Crippen molar-refractivity contribution in [1.82, 2.24) is 4.90 Å². The van der Waals surface area contributed by atoms with E-state index >= 15 is 0 Å². The average Bonchev–Trinajstić information content (AvgIpc) is 2.68. The van der Waals surface area contributed by atoms with E-state index in [1.54, 1.807) is 43.5 Å². The van der Waals surface area contributed by atoms with Crippen molar-refractivity contribution in [3.8, 4) is 5.75 Å². The second-order valence-electron chi connectivity index (χ2n) is 6.71. The number of carbonyl (C=O) groups excluding carboxylic acids is 1. The number of piperidine rings is 1. The number of nitrogens with one attached hydrogen (secondary N) is 1. The Morgan fingerprint density at radius 1 is 1.15 bits per heavy atom. The lowest BCUT2D eigenvalue weighted by Gasteiger charge is -2.33. The van der Waals surface area contributed by atoms with Crippen molar-refractivity contribution in [2.24, 2.45) is 0 Å². The van der Waals surface area contributed by atoms with E-state index in [-0.39, 0.29) is 16.8 Å². The van der Waals surface area contributed by atoms with Gasteiger partial charge in [0.2, 0.25) is 0 Å².